The van der Waals surface area contributed by atoms with Crippen molar-refractivity contribution in [3.8, 4) is 5.75 Å². The predicted octanol–water partition coefficient (Wildman–Crippen LogP) is 6.49. The van der Waals surface area contributed by atoms with Crippen molar-refractivity contribution in [2.24, 2.45) is 5.92 Å². The second kappa shape index (κ2) is 14.2. The third-order valence-electron chi connectivity index (χ3n) is 6.66. The quantitative estimate of drug-likeness (QED) is 0.207. The molecule has 3 rings (SSSR count). The van der Waals surface area contributed by atoms with Gasteiger partial charge in [0, 0.05) is 49.4 Å². The zero-order chi connectivity index (χ0) is 29.4. The topological polar surface area (TPSA) is 65.0 Å². The van der Waals surface area contributed by atoms with Crippen LogP contribution in [0.1, 0.15) is 49.8 Å². The Morgan fingerprint density at radius 3 is 2.58 bits per heavy atom. The first-order valence-electron chi connectivity index (χ1n) is 13.2. The molecule has 0 amide bonds. The van der Waals surface area contributed by atoms with Gasteiger partial charge in [0.25, 0.3) is 0 Å². The van der Waals surface area contributed by atoms with Gasteiger partial charge in [0.05, 0.1) is 24.4 Å². The van der Waals surface area contributed by atoms with E-state index in [1.54, 1.807) is 23.2 Å². The molecule has 0 fully saturated rings. The van der Waals surface area contributed by atoms with Crippen molar-refractivity contribution >= 4 is 23.1 Å². The number of hydrogen-bond acceptors (Lipinski definition) is 5. The third-order valence-corrected chi connectivity index (χ3v) is 7.05. The maximum Gasteiger partial charge on any atom is 0.416 e. The largest absolute Gasteiger partial charge is 0.495 e. The molecule has 2 aromatic rings. The molecule has 0 saturated carbocycles. The van der Waals surface area contributed by atoms with Gasteiger partial charge >= 0.3 is 12.1 Å². The molecule has 40 heavy (non-hydrogen) atoms. The number of hydrogen-bond donors (Lipinski definition) is 2. The fraction of sp³-hybridized carbons (Fsp3) is 0.483. The highest BCUT2D eigenvalue weighted by Gasteiger charge is 2.35. The number of carbonyl (C=O) groups is 1. The van der Waals surface area contributed by atoms with Crippen LogP contribution >= 0.6 is 11.6 Å². The van der Waals surface area contributed by atoms with Gasteiger partial charge in [0.1, 0.15) is 11.6 Å². The minimum absolute atomic E-state index is 0.00924. The summed E-state index contributed by atoms with van der Waals surface area (Å²) in [4.78, 5) is 14.7. The fourth-order valence-corrected chi connectivity index (χ4v) is 5.30. The van der Waals surface area contributed by atoms with Crippen LogP contribution < -0.4 is 10.1 Å². The Hall–Kier alpha value is -2.82. The zero-order valence-electron chi connectivity index (χ0n) is 22.9. The summed E-state index contributed by atoms with van der Waals surface area (Å²) in [7, 11) is 1.50. The summed E-state index contributed by atoms with van der Waals surface area (Å²) in [5, 5.41) is 12.8. The van der Waals surface area contributed by atoms with Gasteiger partial charge < -0.3 is 20.1 Å². The number of nitrogens with zero attached hydrogens (tertiary/aromatic N) is 2. The van der Waals surface area contributed by atoms with E-state index < -0.39 is 29.1 Å². The van der Waals surface area contributed by atoms with E-state index in [0.717, 1.165) is 30.2 Å². The van der Waals surface area contributed by atoms with Crippen molar-refractivity contribution < 1.29 is 32.2 Å². The molecule has 2 N–H and O–H groups in total. The van der Waals surface area contributed by atoms with Gasteiger partial charge in [-0.25, -0.2) is 4.39 Å². The van der Waals surface area contributed by atoms with Crippen molar-refractivity contribution in [1.29, 1.82) is 0 Å². The molecule has 11 heteroatoms. The highest BCUT2D eigenvalue weighted by molar-refractivity contribution is 6.33. The number of carboxylic acids is 1. The van der Waals surface area contributed by atoms with Crippen LogP contribution in [0.5, 0.6) is 5.75 Å². The lowest BCUT2D eigenvalue weighted by atomic mass is 10.0. The molecule has 220 valence electrons. The fourth-order valence-electron chi connectivity index (χ4n) is 4.98. The van der Waals surface area contributed by atoms with Crippen molar-refractivity contribution in [2.45, 2.75) is 51.9 Å². The van der Waals surface area contributed by atoms with E-state index in [4.69, 9.17) is 21.4 Å². The zero-order valence-corrected chi connectivity index (χ0v) is 23.7. The van der Waals surface area contributed by atoms with Crippen LogP contribution in [0.3, 0.4) is 0 Å². The number of rotatable bonds is 13. The average molecular weight is 586 g/mol. The Morgan fingerprint density at radius 1 is 1.20 bits per heavy atom. The lowest BCUT2D eigenvalue weighted by Crippen LogP contribution is -2.48. The Balaban J connectivity index is 1.93. The molecule has 6 nitrogen and oxygen atoms in total. The summed E-state index contributed by atoms with van der Waals surface area (Å²) in [6, 6.07) is 8.33. The van der Waals surface area contributed by atoms with Crippen molar-refractivity contribution in [3.63, 3.8) is 0 Å². The predicted molar refractivity (Wildman–Crippen MR) is 147 cm³/mol. The number of nitrogens with one attached hydrogen (secondary N) is 1. The molecule has 0 aromatic heterocycles. The lowest BCUT2D eigenvalue weighted by Gasteiger charge is -2.38. The first-order valence-corrected chi connectivity index (χ1v) is 13.6. The first-order chi connectivity index (χ1) is 18.9. The number of aliphatic carboxylic acids is 1. The van der Waals surface area contributed by atoms with E-state index in [-0.39, 0.29) is 25.7 Å². The summed E-state index contributed by atoms with van der Waals surface area (Å²) in [6.07, 6.45) is -1.61. The molecule has 0 radical (unpaired) electrons. The van der Waals surface area contributed by atoms with E-state index in [1.165, 1.54) is 7.11 Å². The summed E-state index contributed by atoms with van der Waals surface area (Å²) in [6.45, 7) is 5.68. The van der Waals surface area contributed by atoms with Gasteiger partial charge in [-0.05, 0) is 49.1 Å². The standard InChI is InChI=1S/C29H36ClF4N3O3/c1-19(2)13-21(35-12-6-11-27(38)39)16-36-14-20(22-7-4-10-26(40-3)28(22)30)15-37(18-36)17-23-24(29(32,33)34)8-5-9-25(23)31/h4-5,7-10,15,19,21,35H,6,11-14,16-18H2,1-3H3,(H,38,39)/t21-/m1/s1. The van der Waals surface area contributed by atoms with Crippen LogP contribution in [-0.2, 0) is 17.5 Å². The third kappa shape index (κ3) is 8.84. The van der Waals surface area contributed by atoms with Crippen molar-refractivity contribution in [3.05, 3.63) is 70.1 Å². The Labute approximate surface area is 237 Å². The van der Waals surface area contributed by atoms with Crippen LogP contribution in [-0.4, -0.2) is 60.3 Å². The smallest absolute Gasteiger partial charge is 0.416 e. The van der Waals surface area contributed by atoms with E-state index in [9.17, 15) is 22.4 Å². The van der Waals surface area contributed by atoms with Gasteiger partial charge in [0.2, 0.25) is 0 Å². The first kappa shape index (κ1) is 31.7. The summed E-state index contributed by atoms with van der Waals surface area (Å²) < 4.78 is 61.3. The van der Waals surface area contributed by atoms with E-state index in [0.29, 0.717) is 48.3 Å². The van der Waals surface area contributed by atoms with Gasteiger partial charge in [0.15, 0.2) is 0 Å². The molecular weight excluding hydrogens is 550 g/mol. The monoisotopic (exact) mass is 585 g/mol. The maximum absolute atomic E-state index is 14.7. The van der Waals surface area contributed by atoms with Gasteiger partial charge in [-0.1, -0.05) is 43.6 Å². The van der Waals surface area contributed by atoms with E-state index in [2.05, 4.69) is 24.1 Å². The highest BCUT2D eigenvalue weighted by Crippen LogP contribution is 2.36. The molecule has 1 atom stereocenters. The van der Waals surface area contributed by atoms with Crippen LogP contribution in [0.25, 0.3) is 5.57 Å². The second-order valence-corrected chi connectivity index (χ2v) is 10.8. The molecule has 1 heterocycles. The normalized spacial score (nSPS) is 15.3. The van der Waals surface area contributed by atoms with Crippen LogP contribution in [0.4, 0.5) is 17.6 Å². The second-order valence-electron chi connectivity index (χ2n) is 10.4. The van der Waals surface area contributed by atoms with E-state index in [1.807, 2.05) is 6.07 Å². The van der Waals surface area contributed by atoms with Crippen molar-refractivity contribution in [2.75, 3.05) is 33.4 Å². The molecule has 0 aliphatic carbocycles. The molecule has 0 unspecified atom stereocenters. The Morgan fingerprint density at radius 2 is 1.93 bits per heavy atom. The maximum atomic E-state index is 14.7. The highest BCUT2D eigenvalue weighted by atomic mass is 35.5. The van der Waals surface area contributed by atoms with Gasteiger partial charge in [-0.2, -0.15) is 13.2 Å². The molecule has 1 aliphatic heterocycles. The number of halogens is 5. The van der Waals surface area contributed by atoms with Crippen molar-refractivity contribution in [1.82, 2.24) is 15.1 Å². The van der Waals surface area contributed by atoms with Gasteiger partial charge in [-0.3, -0.25) is 9.69 Å². The van der Waals surface area contributed by atoms with Crippen LogP contribution in [0.2, 0.25) is 5.02 Å². The summed E-state index contributed by atoms with van der Waals surface area (Å²) >= 11 is 6.62. The Kier molecular flexibility index (Phi) is 11.2. The molecule has 2 aromatic carbocycles. The number of ether oxygens (including phenoxy) is 1. The lowest BCUT2D eigenvalue weighted by molar-refractivity contribution is -0.139. The number of methoxy groups -OCH3 is 1. The number of benzene rings is 2. The molecule has 0 bridgehead atoms. The molecule has 1 aliphatic rings. The summed E-state index contributed by atoms with van der Waals surface area (Å²) in [5.74, 6) is -0.951. The molecule has 0 saturated heterocycles. The SMILES string of the molecule is COc1cccc(C2=CN(Cc3c(F)cccc3C(F)(F)F)CN(C[C@@H](CC(C)C)NCCCC(=O)O)C2)c1Cl. The average Bonchev–Trinajstić information content (AvgIpc) is 2.86. The van der Waals surface area contributed by atoms with E-state index >= 15 is 0 Å². The minimum Gasteiger partial charge on any atom is -0.495 e. The molecular formula is C29H36ClF4N3O3. The Bertz CT molecular complexity index is 1190. The molecule has 0 spiro atoms. The minimum atomic E-state index is -4.70. The van der Waals surface area contributed by atoms with Crippen LogP contribution in [0, 0.1) is 11.7 Å². The number of carboxylic acid groups (broad SMARTS) is 1. The van der Waals surface area contributed by atoms with Gasteiger partial charge in [-0.15, -0.1) is 0 Å². The summed E-state index contributed by atoms with van der Waals surface area (Å²) in [5.41, 5.74) is 0.0100. The van der Waals surface area contributed by atoms with Crippen LogP contribution in [0.15, 0.2) is 42.6 Å². The number of alkyl halides is 3.